The number of hydrazine groups is 1. The van der Waals surface area contributed by atoms with E-state index < -0.39 is 6.04 Å². The minimum Gasteiger partial charge on any atom is -0.382 e. The highest BCUT2D eigenvalue weighted by Gasteiger charge is 2.19. The number of carbonyl (C=O) groups is 1. The number of methoxy groups -OCH3 is 1. The van der Waals surface area contributed by atoms with Gasteiger partial charge in [0, 0.05) is 13.3 Å². The van der Waals surface area contributed by atoms with Gasteiger partial charge in [-0.15, -0.1) is 0 Å². The van der Waals surface area contributed by atoms with Crippen molar-refractivity contribution in [2.24, 2.45) is 5.84 Å². The molecule has 7 heteroatoms. The van der Waals surface area contributed by atoms with Crippen LogP contribution in [0.3, 0.4) is 0 Å². The van der Waals surface area contributed by atoms with Crippen molar-refractivity contribution in [3.8, 4) is 0 Å². The van der Waals surface area contributed by atoms with Crippen LogP contribution in [-0.4, -0.2) is 29.4 Å². The number of aromatic nitrogens is 2. The summed E-state index contributed by atoms with van der Waals surface area (Å²) >= 11 is 3.24. The molecular formula is C7H11BrN4O2. The third kappa shape index (κ3) is 2.53. The van der Waals surface area contributed by atoms with Crippen LogP contribution in [0.2, 0.25) is 0 Å². The summed E-state index contributed by atoms with van der Waals surface area (Å²) in [5.41, 5.74) is 2.06. The molecule has 1 rings (SSSR count). The Morgan fingerprint density at radius 3 is 3.07 bits per heavy atom. The van der Waals surface area contributed by atoms with Crippen molar-refractivity contribution in [2.75, 3.05) is 13.7 Å². The van der Waals surface area contributed by atoms with E-state index in [0.29, 0.717) is 0 Å². The van der Waals surface area contributed by atoms with Crippen LogP contribution >= 0.6 is 15.9 Å². The van der Waals surface area contributed by atoms with E-state index in [1.807, 2.05) is 0 Å². The number of hydrogen-bond acceptors (Lipinski definition) is 4. The zero-order valence-corrected chi connectivity index (χ0v) is 9.19. The number of hydrogen-bond donors (Lipinski definition) is 2. The lowest BCUT2D eigenvalue weighted by atomic mass is 10.3. The number of ether oxygens (including phenoxy) is 1. The molecule has 1 aromatic heterocycles. The van der Waals surface area contributed by atoms with E-state index in [4.69, 9.17) is 10.6 Å². The molecule has 0 aromatic carbocycles. The summed E-state index contributed by atoms with van der Waals surface area (Å²) in [6, 6.07) is -0.545. The molecular weight excluding hydrogens is 252 g/mol. The van der Waals surface area contributed by atoms with Crippen LogP contribution in [0.4, 0.5) is 0 Å². The maximum absolute atomic E-state index is 11.3. The van der Waals surface area contributed by atoms with Crippen molar-refractivity contribution >= 4 is 21.8 Å². The van der Waals surface area contributed by atoms with Crippen molar-refractivity contribution < 1.29 is 9.53 Å². The van der Waals surface area contributed by atoms with Crippen LogP contribution in [0, 0.1) is 0 Å². The number of nitrogens with two attached hydrogens (primary N) is 1. The van der Waals surface area contributed by atoms with Gasteiger partial charge in [-0.2, -0.15) is 5.10 Å². The molecule has 78 valence electrons. The Balaban J connectivity index is 2.82. The van der Waals surface area contributed by atoms with Gasteiger partial charge in [-0.1, -0.05) is 0 Å². The molecule has 6 nitrogen and oxygen atoms in total. The first-order chi connectivity index (χ1) is 6.69. The molecule has 0 saturated heterocycles. The van der Waals surface area contributed by atoms with E-state index >= 15 is 0 Å². The summed E-state index contributed by atoms with van der Waals surface area (Å²) in [4.78, 5) is 11.3. The molecule has 0 aliphatic heterocycles. The second-order valence-electron chi connectivity index (χ2n) is 2.62. The zero-order valence-electron chi connectivity index (χ0n) is 7.61. The highest BCUT2D eigenvalue weighted by molar-refractivity contribution is 9.10. The molecule has 3 N–H and O–H groups in total. The summed E-state index contributed by atoms with van der Waals surface area (Å²) in [7, 11) is 1.51. The van der Waals surface area contributed by atoms with Gasteiger partial charge in [-0.3, -0.25) is 14.9 Å². The zero-order chi connectivity index (χ0) is 10.6. The highest BCUT2D eigenvalue weighted by atomic mass is 79.9. The monoisotopic (exact) mass is 262 g/mol. The molecule has 0 spiro atoms. The number of halogens is 1. The van der Waals surface area contributed by atoms with Crippen LogP contribution in [-0.2, 0) is 9.53 Å². The van der Waals surface area contributed by atoms with Gasteiger partial charge >= 0.3 is 0 Å². The first-order valence-corrected chi connectivity index (χ1v) is 4.67. The lowest BCUT2D eigenvalue weighted by Gasteiger charge is -2.14. The maximum Gasteiger partial charge on any atom is 0.261 e. The van der Waals surface area contributed by atoms with Crippen molar-refractivity contribution in [2.45, 2.75) is 6.04 Å². The highest BCUT2D eigenvalue weighted by Crippen LogP contribution is 2.12. The van der Waals surface area contributed by atoms with Crippen LogP contribution in [0.25, 0.3) is 0 Å². The lowest BCUT2D eigenvalue weighted by molar-refractivity contribution is -0.126. The minimum absolute atomic E-state index is 0.219. The lowest BCUT2D eigenvalue weighted by Crippen LogP contribution is -2.39. The summed E-state index contributed by atoms with van der Waals surface area (Å²) in [6.45, 7) is 0.219. The quantitative estimate of drug-likeness (QED) is 0.448. The first-order valence-electron chi connectivity index (χ1n) is 3.88. The second-order valence-corrected chi connectivity index (χ2v) is 3.53. The van der Waals surface area contributed by atoms with Gasteiger partial charge in [-0.25, -0.2) is 5.84 Å². The molecule has 14 heavy (non-hydrogen) atoms. The topological polar surface area (TPSA) is 82.2 Å². The number of amides is 1. The number of carbonyl (C=O) groups excluding carboxylic acids is 1. The standard InChI is InChI=1S/C7H11BrN4O2/c1-14-4-6(7(13)11-9)12-3-5(8)2-10-12/h2-3,6H,4,9H2,1H3,(H,11,13). The van der Waals surface area contributed by atoms with E-state index in [1.54, 1.807) is 12.4 Å². The Bertz CT molecular complexity index is 314. The van der Waals surface area contributed by atoms with E-state index in [9.17, 15) is 4.79 Å². The minimum atomic E-state index is -0.545. The molecule has 0 saturated carbocycles. The van der Waals surface area contributed by atoms with Gasteiger partial charge in [0.25, 0.3) is 5.91 Å². The van der Waals surface area contributed by atoms with Crippen LogP contribution in [0.1, 0.15) is 6.04 Å². The predicted molar refractivity (Wildman–Crippen MR) is 53.2 cm³/mol. The smallest absolute Gasteiger partial charge is 0.261 e. The Morgan fingerprint density at radius 2 is 2.64 bits per heavy atom. The predicted octanol–water partition coefficient (Wildman–Crippen LogP) is -0.177. The van der Waals surface area contributed by atoms with Crippen molar-refractivity contribution in [3.05, 3.63) is 16.9 Å². The fourth-order valence-corrected chi connectivity index (χ4v) is 1.31. The SMILES string of the molecule is COCC(C(=O)NN)n1cc(Br)cn1. The Labute approximate surface area is 89.5 Å². The molecule has 0 fully saturated rings. The van der Waals surface area contributed by atoms with Gasteiger partial charge in [0.05, 0.1) is 17.3 Å². The second kappa shape index (κ2) is 5.08. The van der Waals surface area contributed by atoms with Crippen molar-refractivity contribution in [1.82, 2.24) is 15.2 Å². The van der Waals surface area contributed by atoms with Crippen LogP contribution in [0.15, 0.2) is 16.9 Å². The van der Waals surface area contributed by atoms with Crippen molar-refractivity contribution in [1.29, 1.82) is 0 Å². The number of nitrogens with zero attached hydrogens (tertiary/aromatic N) is 2. The fraction of sp³-hybridized carbons (Fsp3) is 0.429. The molecule has 1 unspecified atom stereocenters. The normalized spacial score (nSPS) is 12.5. The number of nitrogens with one attached hydrogen (secondary N) is 1. The van der Waals surface area contributed by atoms with Crippen LogP contribution < -0.4 is 11.3 Å². The van der Waals surface area contributed by atoms with Gasteiger partial charge < -0.3 is 4.74 Å². The summed E-state index contributed by atoms with van der Waals surface area (Å²) in [5, 5.41) is 3.98. The van der Waals surface area contributed by atoms with Crippen LogP contribution in [0.5, 0.6) is 0 Å². The molecule has 0 radical (unpaired) electrons. The Morgan fingerprint density at radius 1 is 1.93 bits per heavy atom. The molecule has 1 amide bonds. The Hall–Kier alpha value is -0.920. The Kier molecular flexibility index (Phi) is 4.05. The van der Waals surface area contributed by atoms with Gasteiger partial charge in [0.2, 0.25) is 0 Å². The third-order valence-electron chi connectivity index (χ3n) is 1.66. The van der Waals surface area contributed by atoms with E-state index in [2.05, 4.69) is 26.5 Å². The average Bonchev–Trinajstić information content (AvgIpc) is 2.60. The van der Waals surface area contributed by atoms with E-state index in [0.717, 1.165) is 4.47 Å². The third-order valence-corrected chi connectivity index (χ3v) is 2.07. The molecule has 1 aromatic rings. The maximum atomic E-state index is 11.3. The van der Waals surface area contributed by atoms with E-state index in [-0.39, 0.29) is 12.5 Å². The summed E-state index contributed by atoms with van der Waals surface area (Å²) in [6.07, 6.45) is 3.27. The molecule has 0 aliphatic carbocycles. The largest absolute Gasteiger partial charge is 0.382 e. The molecule has 1 atom stereocenters. The first kappa shape index (κ1) is 11.2. The van der Waals surface area contributed by atoms with Gasteiger partial charge in [0.15, 0.2) is 6.04 Å². The summed E-state index contributed by atoms with van der Waals surface area (Å²) in [5.74, 6) is 4.69. The van der Waals surface area contributed by atoms with Gasteiger partial charge in [-0.05, 0) is 15.9 Å². The van der Waals surface area contributed by atoms with E-state index in [1.165, 1.54) is 11.8 Å². The molecule has 1 heterocycles. The van der Waals surface area contributed by atoms with Crippen molar-refractivity contribution in [3.63, 3.8) is 0 Å². The summed E-state index contributed by atoms with van der Waals surface area (Å²) < 4.78 is 7.17. The molecule has 0 aliphatic rings. The average molecular weight is 263 g/mol. The van der Waals surface area contributed by atoms with Gasteiger partial charge in [0.1, 0.15) is 0 Å². The fourth-order valence-electron chi connectivity index (χ4n) is 1.01. The molecule has 0 bridgehead atoms. The number of rotatable bonds is 4.